The molecule has 0 aliphatic rings. The van der Waals surface area contributed by atoms with Gasteiger partial charge in [0.1, 0.15) is 12.0 Å². The summed E-state index contributed by atoms with van der Waals surface area (Å²) in [5, 5.41) is 9.94. The normalized spacial score (nSPS) is 11.2. The molecule has 0 amide bonds. The molecule has 0 aliphatic heterocycles. The van der Waals surface area contributed by atoms with Gasteiger partial charge in [-0.2, -0.15) is 0 Å². The molecular formula is C21H28IN5OS. The summed E-state index contributed by atoms with van der Waals surface area (Å²) in [6.07, 6.45) is 3.54. The molecule has 0 saturated heterocycles. The number of guanidine groups is 1. The number of hydrogen-bond acceptors (Lipinski definition) is 5. The smallest absolute Gasteiger partial charge is 0.226 e. The van der Waals surface area contributed by atoms with Crippen molar-refractivity contribution in [2.75, 3.05) is 13.1 Å². The van der Waals surface area contributed by atoms with Gasteiger partial charge in [-0.25, -0.2) is 15.0 Å². The van der Waals surface area contributed by atoms with Gasteiger partial charge in [0.2, 0.25) is 5.89 Å². The fraction of sp³-hybridized carbons (Fsp3) is 0.381. The molecule has 6 nitrogen and oxygen atoms in total. The number of thiazole rings is 1. The minimum absolute atomic E-state index is 0. The van der Waals surface area contributed by atoms with Gasteiger partial charge in [0, 0.05) is 30.5 Å². The Balaban J connectivity index is 0.00000300. The number of nitrogens with zero attached hydrogens (tertiary/aromatic N) is 3. The molecule has 2 aromatic heterocycles. The highest BCUT2D eigenvalue weighted by atomic mass is 127. The third kappa shape index (κ3) is 7.11. The highest BCUT2D eigenvalue weighted by Gasteiger charge is 2.07. The summed E-state index contributed by atoms with van der Waals surface area (Å²) < 4.78 is 5.61. The molecule has 0 atom stereocenters. The molecule has 0 saturated carbocycles. The Morgan fingerprint density at radius 3 is 2.59 bits per heavy atom. The fourth-order valence-corrected chi connectivity index (χ4v) is 3.42. The van der Waals surface area contributed by atoms with Crippen LogP contribution in [0.15, 0.2) is 45.3 Å². The van der Waals surface area contributed by atoms with Crippen LogP contribution in [0, 0.1) is 6.92 Å². The van der Waals surface area contributed by atoms with Crippen molar-refractivity contribution in [3.8, 4) is 11.5 Å². The standard InChI is InChI=1S/C21H27N5OS.HI/c1-4-19-25-17(14-28-19)10-11-23-21(22-5-2)24-12-18-13-27-20(26-18)16-8-6-15(3)7-9-16;/h6-9,13-14H,4-5,10-12H2,1-3H3,(H2,22,23,24);1H. The monoisotopic (exact) mass is 525 g/mol. The summed E-state index contributed by atoms with van der Waals surface area (Å²) in [6, 6.07) is 8.14. The van der Waals surface area contributed by atoms with Crippen molar-refractivity contribution >= 4 is 41.3 Å². The van der Waals surface area contributed by atoms with Gasteiger partial charge in [-0.15, -0.1) is 35.3 Å². The van der Waals surface area contributed by atoms with Gasteiger partial charge < -0.3 is 15.1 Å². The Hall–Kier alpha value is -1.94. The molecule has 3 rings (SSSR count). The first-order chi connectivity index (χ1) is 13.7. The van der Waals surface area contributed by atoms with Crippen LogP contribution in [0.25, 0.3) is 11.5 Å². The number of rotatable bonds is 8. The second-order valence-electron chi connectivity index (χ2n) is 6.47. The summed E-state index contributed by atoms with van der Waals surface area (Å²) in [7, 11) is 0. The van der Waals surface area contributed by atoms with E-state index in [0.29, 0.717) is 12.4 Å². The summed E-state index contributed by atoms with van der Waals surface area (Å²) in [4.78, 5) is 13.8. The molecule has 2 heterocycles. The van der Waals surface area contributed by atoms with E-state index >= 15 is 0 Å². The van der Waals surface area contributed by atoms with E-state index in [1.54, 1.807) is 17.6 Å². The molecule has 0 spiro atoms. The SMILES string of the molecule is CCNC(=NCc1coc(-c2ccc(C)cc2)n1)NCCc1csc(CC)n1.I. The first-order valence-electron chi connectivity index (χ1n) is 9.64. The van der Waals surface area contributed by atoms with Gasteiger partial charge in [0.15, 0.2) is 5.96 Å². The molecule has 1 aromatic carbocycles. The lowest BCUT2D eigenvalue weighted by Gasteiger charge is -2.10. The quantitative estimate of drug-likeness (QED) is 0.256. The van der Waals surface area contributed by atoms with Crippen molar-refractivity contribution in [3.05, 3.63) is 57.9 Å². The molecule has 3 aromatic rings. The Bertz CT molecular complexity index is 904. The zero-order chi connectivity index (χ0) is 19.8. The van der Waals surface area contributed by atoms with Gasteiger partial charge in [-0.05, 0) is 32.4 Å². The molecule has 2 N–H and O–H groups in total. The maximum Gasteiger partial charge on any atom is 0.226 e. The minimum Gasteiger partial charge on any atom is -0.444 e. The molecule has 0 fully saturated rings. The van der Waals surface area contributed by atoms with Crippen LogP contribution < -0.4 is 10.6 Å². The number of hydrogen-bond donors (Lipinski definition) is 2. The maximum atomic E-state index is 5.61. The van der Waals surface area contributed by atoms with Crippen molar-refractivity contribution in [3.63, 3.8) is 0 Å². The van der Waals surface area contributed by atoms with Crippen molar-refractivity contribution in [1.82, 2.24) is 20.6 Å². The lowest BCUT2D eigenvalue weighted by atomic mass is 10.1. The predicted octanol–water partition coefficient (Wildman–Crippen LogP) is 4.58. The number of aliphatic imine (C=N–C) groups is 1. The summed E-state index contributed by atoms with van der Waals surface area (Å²) in [5.74, 6) is 1.40. The topological polar surface area (TPSA) is 75.3 Å². The van der Waals surface area contributed by atoms with Crippen LogP contribution >= 0.6 is 35.3 Å². The number of nitrogens with one attached hydrogen (secondary N) is 2. The second kappa shape index (κ2) is 11.9. The Morgan fingerprint density at radius 2 is 1.90 bits per heavy atom. The molecular weight excluding hydrogens is 497 g/mol. The lowest BCUT2D eigenvalue weighted by Crippen LogP contribution is -2.38. The average molecular weight is 525 g/mol. The van der Waals surface area contributed by atoms with E-state index in [1.807, 2.05) is 12.1 Å². The highest BCUT2D eigenvalue weighted by molar-refractivity contribution is 14.0. The zero-order valence-corrected chi connectivity index (χ0v) is 20.2. The van der Waals surface area contributed by atoms with Gasteiger partial charge in [-0.1, -0.05) is 24.6 Å². The van der Waals surface area contributed by atoms with E-state index < -0.39 is 0 Å². The number of halogens is 1. The molecule has 0 radical (unpaired) electrons. The van der Waals surface area contributed by atoms with E-state index in [9.17, 15) is 0 Å². The number of oxazole rings is 1. The largest absolute Gasteiger partial charge is 0.444 e. The summed E-state index contributed by atoms with van der Waals surface area (Å²) >= 11 is 1.72. The first-order valence-corrected chi connectivity index (χ1v) is 10.5. The Kier molecular flexibility index (Phi) is 9.59. The van der Waals surface area contributed by atoms with Crippen LogP contribution in [0.2, 0.25) is 0 Å². The predicted molar refractivity (Wildman–Crippen MR) is 130 cm³/mol. The average Bonchev–Trinajstić information content (AvgIpc) is 3.36. The van der Waals surface area contributed by atoms with Crippen molar-refractivity contribution in [2.24, 2.45) is 4.99 Å². The van der Waals surface area contributed by atoms with Crippen LogP contribution in [0.1, 0.15) is 35.8 Å². The van der Waals surface area contributed by atoms with E-state index in [0.717, 1.165) is 48.8 Å². The number of aromatic nitrogens is 2. The van der Waals surface area contributed by atoms with Crippen LogP contribution in [0.5, 0.6) is 0 Å². The van der Waals surface area contributed by atoms with Crippen LogP contribution in [0.3, 0.4) is 0 Å². The maximum absolute atomic E-state index is 5.61. The van der Waals surface area contributed by atoms with E-state index in [-0.39, 0.29) is 24.0 Å². The third-order valence-corrected chi connectivity index (χ3v) is 5.21. The number of aryl methyl sites for hydroxylation is 2. The van der Waals surface area contributed by atoms with Gasteiger partial charge >= 0.3 is 0 Å². The van der Waals surface area contributed by atoms with Gasteiger partial charge in [0.25, 0.3) is 0 Å². The molecule has 0 bridgehead atoms. The molecule has 8 heteroatoms. The first kappa shape index (κ1) is 23.3. The van der Waals surface area contributed by atoms with Gasteiger partial charge in [0.05, 0.1) is 17.2 Å². The molecule has 0 aliphatic carbocycles. The van der Waals surface area contributed by atoms with Crippen molar-refractivity contribution < 1.29 is 4.42 Å². The van der Waals surface area contributed by atoms with E-state index in [2.05, 4.69) is 63.9 Å². The molecule has 29 heavy (non-hydrogen) atoms. The summed E-state index contributed by atoms with van der Waals surface area (Å²) in [6.45, 7) is 8.29. The fourth-order valence-electron chi connectivity index (χ4n) is 2.65. The van der Waals surface area contributed by atoms with Crippen LogP contribution in [-0.2, 0) is 19.4 Å². The third-order valence-electron chi connectivity index (χ3n) is 4.17. The van der Waals surface area contributed by atoms with E-state index in [4.69, 9.17) is 4.42 Å². The summed E-state index contributed by atoms with van der Waals surface area (Å²) in [5.41, 5.74) is 4.12. The van der Waals surface area contributed by atoms with Gasteiger partial charge in [-0.3, -0.25) is 0 Å². The Morgan fingerprint density at radius 1 is 1.10 bits per heavy atom. The number of benzene rings is 1. The lowest BCUT2D eigenvalue weighted by molar-refractivity contribution is 0.572. The van der Waals surface area contributed by atoms with Crippen LogP contribution in [0.4, 0.5) is 0 Å². The Labute approximate surface area is 193 Å². The van der Waals surface area contributed by atoms with Crippen LogP contribution in [-0.4, -0.2) is 29.0 Å². The van der Waals surface area contributed by atoms with E-state index in [1.165, 1.54) is 10.6 Å². The minimum atomic E-state index is 0. The van der Waals surface area contributed by atoms with Crippen molar-refractivity contribution in [2.45, 2.75) is 40.2 Å². The zero-order valence-electron chi connectivity index (χ0n) is 17.1. The molecule has 0 unspecified atom stereocenters. The highest BCUT2D eigenvalue weighted by Crippen LogP contribution is 2.19. The molecule has 156 valence electrons. The second-order valence-corrected chi connectivity index (χ2v) is 7.41. The van der Waals surface area contributed by atoms with Crippen molar-refractivity contribution in [1.29, 1.82) is 0 Å².